The molecule has 104 valence electrons. The van der Waals surface area contributed by atoms with E-state index in [4.69, 9.17) is 0 Å². The summed E-state index contributed by atoms with van der Waals surface area (Å²) in [7, 11) is 0. The Hall–Kier alpha value is -1.16. The molecule has 0 aliphatic carbocycles. The highest BCUT2D eigenvalue weighted by Gasteiger charge is 2.38. The summed E-state index contributed by atoms with van der Waals surface area (Å²) in [6, 6.07) is 2.05. The molecule has 2 atom stereocenters. The van der Waals surface area contributed by atoms with Crippen LogP contribution in [-0.4, -0.2) is 34.6 Å². The highest BCUT2D eigenvalue weighted by atomic mass is 15.2. The fraction of sp³-hybridized carbons (Fsp3) is 0.733. The van der Waals surface area contributed by atoms with Crippen LogP contribution < -0.4 is 10.2 Å². The van der Waals surface area contributed by atoms with Gasteiger partial charge in [0, 0.05) is 18.1 Å². The summed E-state index contributed by atoms with van der Waals surface area (Å²) in [5, 5.41) is 3.71. The molecule has 4 heteroatoms. The van der Waals surface area contributed by atoms with Gasteiger partial charge in [0.05, 0.1) is 18.1 Å². The Morgan fingerprint density at radius 2 is 1.89 bits per heavy atom. The standard InChI is InChI=1S/C15H24N4/c1-2-6-18-12-7-13-4-3-5-14(8-12)19(13)15-9-16-11-17-10-15/h9-14,18H,2-8H2,1H3. The van der Waals surface area contributed by atoms with Crippen molar-refractivity contribution < 1.29 is 0 Å². The summed E-state index contributed by atoms with van der Waals surface area (Å²) < 4.78 is 0. The molecule has 0 saturated carbocycles. The number of hydrogen-bond donors (Lipinski definition) is 1. The molecule has 3 heterocycles. The topological polar surface area (TPSA) is 41.0 Å². The first-order valence-corrected chi connectivity index (χ1v) is 7.65. The minimum atomic E-state index is 0.674. The fourth-order valence-electron chi connectivity index (χ4n) is 3.74. The minimum Gasteiger partial charge on any atom is -0.363 e. The van der Waals surface area contributed by atoms with E-state index in [9.17, 15) is 0 Å². The van der Waals surface area contributed by atoms with Crippen LogP contribution in [0.3, 0.4) is 0 Å². The van der Waals surface area contributed by atoms with Crippen molar-refractivity contribution >= 4 is 5.69 Å². The second-order valence-corrected chi connectivity index (χ2v) is 5.86. The van der Waals surface area contributed by atoms with Gasteiger partial charge in [0.15, 0.2) is 0 Å². The van der Waals surface area contributed by atoms with Crippen molar-refractivity contribution in [3.8, 4) is 0 Å². The van der Waals surface area contributed by atoms with Crippen LogP contribution >= 0.6 is 0 Å². The summed E-state index contributed by atoms with van der Waals surface area (Å²) in [6.07, 6.45) is 13.3. The van der Waals surface area contributed by atoms with Crippen LogP contribution in [0.15, 0.2) is 18.7 Å². The Morgan fingerprint density at radius 1 is 1.21 bits per heavy atom. The van der Waals surface area contributed by atoms with Gasteiger partial charge in [-0.15, -0.1) is 0 Å². The van der Waals surface area contributed by atoms with Crippen LogP contribution in [0, 0.1) is 0 Å². The maximum Gasteiger partial charge on any atom is 0.115 e. The molecule has 2 bridgehead atoms. The monoisotopic (exact) mass is 260 g/mol. The summed E-state index contributed by atoms with van der Waals surface area (Å²) in [5.41, 5.74) is 1.21. The molecule has 2 fully saturated rings. The molecule has 1 aromatic rings. The van der Waals surface area contributed by atoms with Gasteiger partial charge in [-0.25, -0.2) is 9.97 Å². The number of aromatic nitrogens is 2. The van der Waals surface area contributed by atoms with E-state index in [1.165, 1.54) is 44.2 Å². The van der Waals surface area contributed by atoms with Crippen molar-refractivity contribution in [2.75, 3.05) is 11.4 Å². The fourth-order valence-corrected chi connectivity index (χ4v) is 3.74. The Kier molecular flexibility index (Phi) is 3.97. The van der Waals surface area contributed by atoms with Gasteiger partial charge in [0.1, 0.15) is 6.33 Å². The molecule has 19 heavy (non-hydrogen) atoms. The van der Waals surface area contributed by atoms with Gasteiger partial charge in [-0.2, -0.15) is 0 Å². The van der Waals surface area contributed by atoms with Crippen molar-refractivity contribution in [3.05, 3.63) is 18.7 Å². The van der Waals surface area contributed by atoms with E-state index in [1.54, 1.807) is 6.33 Å². The van der Waals surface area contributed by atoms with Crippen molar-refractivity contribution in [1.82, 2.24) is 15.3 Å². The molecule has 3 rings (SSSR count). The third kappa shape index (κ3) is 2.73. The number of piperidine rings is 2. The van der Waals surface area contributed by atoms with Crippen molar-refractivity contribution in [1.29, 1.82) is 0 Å². The highest BCUT2D eigenvalue weighted by Crippen LogP contribution is 2.37. The molecule has 1 N–H and O–H groups in total. The number of anilines is 1. The van der Waals surface area contributed by atoms with Gasteiger partial charge < -0.3 is 10.2 Å². The molecule has 0 aromatic carbocycles. The quantitative estimate of drug-likeness (QED) is 0.902. The van der Waals surface area contributed by atoms with E-state index in [-0.39, 0.29) is 0 Å². The number of rotatable bonds is 4. The van der Waals surface area contributed by atoms with E-state index >= 15 is 0 Å². The normalized spacial score (nSPS) is 30.4. The summed E-state index contributed by atoms with van der Waals surface area (Å²) in [5.74, 6) is 0. The first kappa shape index (κ1) is 12.9. The zero-order valence-corrected chi connectivity index (χ0v) is 11.8. The number of fused-ring (bicyclic) bond motifs is 2. The van der Waals surface area contributed by atoms with Gasteiger partial charge in [0.2, 0.25) is 0 Å². The molecular formula is C15H24N4. The molecular weight excluding hydrogens is 236 g/mol. The lowest BCUT2D eigenvalue weighted by Crippen LogP contribution is -2.56. The molecule has 0 radical (unpaired) electrons. The lowest BCUT2D eigenvalue weighted by atomic mass is 9.81. The van der Waals surface area contributed by atoms with Crippen molar-refractivity contribution in [2.24, 2.45) is 0 Å². The zero-order chi connectivity index (χ0) is 13.1. The molecule has 2 aliphatic rings. The molecule has 2 unspecified atom stereocenters. The van der Waals surface area contributed by atoms with Crippen LogP contribution in [0.5, 0.6) is 0 Å². The van der Waals surface area contributed by atoms with Gasteiger partial charge in [-0.1, -0.05) is 6.92 Å². The molecule has 2 aliphatic heterocycles. The van der Waals surface area contributed by atoms with Crippen LogP contribution in [-0.2, 0) is 0 Å². The largest absolute Gasteiger partial charge is 0.363 e. The second kappa shape index (κ2) is 5.87. The minimum absolute atomic E-state index is 0.674. The Bertz CT molecular complexity index is 380. The lowest BCUT2D eigenvalue weighted by molar-refractivity contribution is 0.245. The van der Waals surface area contributed by atoms with E-state index in [1.807, 2.05) is 12.4 Å². The Balaban J connectivity index is 1.73. The van der Waals surface area contributed by atoms with Crippen LogP contribution in [0.1, 0.15) is 45.4 Å². The lowest BCUT2D eigenvalue weighted by Gasteiger charge is -2.50. The third-order valence-electron chi connectivity index (χ3n) is 4.50. The Morgan fingerprint density at radius 3 is 2.53 bits per heavy atom. The number of nitrogens with one attached hydrogen (secondary N) is 1. The maximum atomic E-state index is 4.19. The highest BCUT2D eigenvalue weighted by molar-refractivity contribution is 5.46. The molecule has 1 aromatic heterocycles. The van der Waals surface area contributed by atoms with Gasteiger partial charge in [-0.3, -0.25) is 0 Å². The first-order chi connectivity index (χ1) is 9.38. The van der Waals surface area contributed by atoms with Gasteiger partial charge in [-0.05, 0) is 45.1 Å². The van der Waals surface area contributed by atoms with Crippen molar-refractivity contribution in [2.45, 2.75) is 63.6 Å². The number of nitrogens with zero attached hydrogens (tertiary/aromatic N) is 3. The predicted octanol–water partition coefficient (Wildman–Crippen LogP) is 2.37. The summed E-state index contributed by atoms with van der Waals surface area (Å²) in [6.45, 7) is 3.39. The summed E-state index contributed by atoms with van der Waals surface area (Å²) in [4.78, 5) is 11.0. The van der Waals surface area contributed by atoms with Crippen LogP contribution in [0.2, 0.25) is 0 Å². The average Bonchev–Trinajstić information content (AvgIpc) is 2.45. The van der Waals surface area contributed by atoms with E-state index < -0.39 is 0 Å². The molecule has 0 spiro atoms. The molecule has 0 amide bonds. The third-order valence-corrected chi connectivity index (χ3v) is 4.50. The predicted molar refractivity (Wildman–Crippen MR) is 77.3 cm³/mol. The van der Waals surface area contributed by atoms with Crippen LogP contribution in [0.4, 0.5) is 5.69 Å². The zero-order valence-electron chi connectivity index (χ0n) is 11.8. The Labute approximate surface area is 115 Å². The maximum absolute atomic E-state index is 4.19. The average molecular weight is 260 g/mol. The van der Waals surface area contributed by atoms with Crippen molar-refractivity contribution in [3.63, 3.8) is 0 Å². The van der Waals surface area contributed by atoms with Gasteiger partial charge >= 0.3 is 0 Å². The van der Waals surface area contributed by atoms with E-state index in [0.717, 1.165) is 6.54 Å². The SMILES string of the molecule is CCCNC1CC2CCCC(C1)N2c1cncnc1. The first-order valence-electron chi connectivity index (χ1n) is 7.65. The molecule has 2 saturated heterocycles. The summed E-state index contributed by atoms with van der Waals surface area (Å²) >= 11 is 0. The van der Waals surface area contributed by atoms with Gasteiger partial charge in [0.25, 0.3) is 0 Å². The molecule has 4 nitrogen and oxygen atoms in total. The van der Waals surface area contributed by atoms with E-state index in [2.05, 4.69) is 27.1 Å². The van der Waals surface area contributed by atoms with Crippen LogP contribution in [0.25, 0.3) is 0 Å². The van der Waals surface area contributed by atoms with E-state index in [0.29, 0.717) is 18.1 Å². The number of hydrogen-bond acceptors (Lipinski definition) is 4. The second-order valence-electron chi connectivity index (χ2n) is 5.86. The smallest absolute Gasteiger partial charge is 0.115 e.